The van der Waals surface area contributed by atoms with Crippen molar-refractivity contribution in [2.45, 2.75) is 34.1 Å². The average Bonchev–Trinajstić information content (AvgIpc) is 2.04. The van der Waals surface area contributed by atoms with Crippen molar-refractivity contribution in [2.24, 2.45) is 5.92 Å². The maximum absolute atomic E-state index is 3.12. The number of allylic oxidation sites excluding steroid dienone is 4. The van der Waals surface area contributed by atoms with Crippen molar-refractivity contribution in [2.75, 3.05) is 7.05 Å². The Hall–Kier alpha value is -0.720. The van der Waals surface area contributed by atoms with Crippen molar-refractivity contribution in [3.63, 3.8) is 0 Å². The van der Waals surface area contributed by atoms with Crippen LogP contribution in [0.25, 0.3) is 0 Å². The summed E-state index contributed by atoms with van der Waals surface area (Å²) in [5.41, 5.74) is 2.75. The van der Waals surface area contributed by atoms with Gasteiger partial charge in [0.05, 0.1) is 0 Å². The molecule has 0 aliphatic carbocycles. The number of hydrogen-bond acceptors (Lipinski definition) is 1. The number of nitrogens with one attached hydrogen (secondary N) is 1. The Morgan fingerprint density at radius 1 is 1.42 bits per heavy atom. The van der Waals surface area contributed by atoms with E-state index >= 15 is 0 Å². The third-order valence-electron chi connectivity index (χ3n) is 2.15. The Morgan fingerprint density at radius 2 is 2.00 bits per heavy atom. The van der Waals surface area contributed by atoms with Crippen molar-refractivity contribution in [1.29, 1.82) is 0 Å². The molecule has 0 aliphatic rings. The summed E-state index contributed by atoms with van der Waals surface area (Å²) in [5.74, 6) is 0.663. The molecule has 70 valence electrons. The van der Waals surface area contributed by atoms with Gasteiger partial charge in [0.25, 0.3) is 0 Å². The van der Waals surface area contributed by atoms with Crippen molar-refractivity contribution in [3.05, 3.63) is 23.4 Å². The highest BCUT2D eigenvalue weighted by molar-refractivity contribution is 5.10. The summed E-state index contributed by atoms with van der Waals surface area (Å²) in [7, 11) is 1.95. The first-order chi connectivity index (χ1) is 5.61. The second-order valence-electron chi connectivity index (χ2n) is 3.36. The smallest absolute Gasteiger partial charge is 0.00351 e. The fraction of sp³-hybridized carbons (Fsp3) is 0.636. The van der Waals surface area contributed by atoms with Crippen LogP contribution in [0.15, 0.2) is 23.4 Å². The minimum Gasteiger partial charge on any atom is -0.392 e. The van der Waals surface area contributed by atoms with E-state index in [1.165, 1.54) is 11.3 Å². The van der Waals surface area contributed by atoms with Crippen molar-refractivity contribution in [1.82, 2.24) is 5.32 Å². The molecule has 0 aromatic carbocycles. The van der Waals surface area contributed by atoms with Gasteiger partial charge in [-0.2, -0.15) is 0 Å². The van der Waals surface area contributed by atoms with Crippen LogP contribution >= 0.6 is 0 Å². The predicted molar refractivity (Wildman–Crippen MR) is 56.0 cm³/mol. The van der Waals surface area contributed by atoms with E-state index in [2.05, 4.69) is 45.2 Å². The lowest BCUT2D eigenvalue weighted by Crippen LogP contribution is -2.02. The van der Waals surface area contributed by atoms with E-state index in [1.807, 2.05) is 7.05 Å². The van der Waals surface area contributed by atoms with Gasteiger partial charge in [-0.25, -0.2) is 0 Å². The normalized spacial score (nSPS) is 13.8. The van der Waals surface area contributed by atoms with Gasteiger partial charge in [0.2, 0.25) is 0 Å². The van der Waals surface area contributed by atoms with Crippen LogP contribution in [0.4, 0.5) is 0 Å². The number of rotatable bonds is 4. The molecule has 1 N–H and O–H groups in total. The van der Waals surface area contributed by atoms with Gasteiger partial charge in [-0.05, 0) is 26.2 Å². The van der Waals surface area contributed by atoms with E-state index in [-0.39, 0.29) is 0 Å². The molecule has 0 aromatic heterocycles. The van der Waals surface area contributed by atoms with Crippen LogP contribution in [0.5, 0.6) is 0 Å². The van der Waals surface area contributed by atoms with E-state index in [9.17, 15) is 0 Å². The molecule has 0 heterocycles. The average molecular weight is 167 g/mol. The molecule has 0 rings (SSSR count). The summed E-state index contributed by atoms with van der Waals surface area (Å²) >= 11 is 0. The molecule has 0 aromatic rings. The second-order valence-corrected chi connectivity index (χ2v) is 3.36. The Labute approximate surface area is 76.6 Å². The van der Waals surface area contributed by atoms with Crippen LogP contribution in [0, 0.1) is 5.92 Å². The Morgan fingerprint density at radius 3 is 2.33 bits per heavy atom. The Bertz CT molecular complexity index is 175. The van der Waals surface area contributed by atoms with Crippen LogP contribution in [0.3, 0.4) is 0 Å². The molecule has 0 amide bonds. The van der Waals surface area contributed by atoms with Crippen molar-refractivity contribution < 1.29 is 0 Å². The third-order valence-corrected chi connectivity index (χ3v) is 2.15. The predicted octanol–water partition coefficient (Wildman–Crippen LogP) is 3.10. The monoisotopic (exact) mass is 167 g/mol. The summed E-state index contributed by atoms with van der Waals surface area (Å²) in [6.45, 7) is 8.67. The van der Waals surface area contributed by atoms with Crippen LogP contribution in [0.2, 0.25) is 0 Å². The first-order valence-corrected chi connectivity index (χ1v) is 4.61. The molecule has 0 radical (unpaired) electrons. The van der Waals surface area contributed by atoms with Crippen LogP contribution in [-0.2, 0) is 0 Å². The van der Waals surface area contributed by atoms with E-state index in [4.69, 9.17) is 0 Å². The number of hydrogen-bond donors (Lipinski definition) is 1. The first-order valence-electron chi connectivity index (χ1n) is 4.61. The van der Waals surface area contributed by atoms with Gasteiger partial charge in [0.1, 0.15) is 0 Å². The zero-order chi connectivity index (χ0) is 9.56. The van der Waals surface area contributed by atoms with Crippen LogP contribution < -0.4 is 5.32 Å². The highest BCUT2D eigenvalue weighted by atomic mass is 14.8. The molecule has 1 heteroatoms. The first kappa shape index (κ1) is 11.3. The zero-order valence-corrected chi connectivity index (χ0v) is 8.94. The van der Waals surface area contributed by atoms with E-state index < -0.39 is 0 Å². The molecule has 0 saturated carbocycles. The van der Waals surface area contributed by atoms with Crippen LogP contribution in [0.1, 0.15) is 34.1 Å². The molecular formula is C11H21N. The topological polar surface area (TPSA) is 12.0 Å². The molecule has 0 fully saturated rings. The summed E-state index contributed by atoms with van der Waals surface area (Å²) in [5, 5.41) is 3.12. The molecule has 0 atom stereocenters. The molecule has 0 aliphatic heterocycles. The lowest BCUT2D eigenvalue weighted by atomic mass is 9.99. The van der Waals surface area contributed by atoms with E-state index in [0.29, 0.717) is 5.92 Å². The van der Waals surface area contributed by atoms with Gasteiger partial charge < -0.3 is 5.32 Å². The Balaban J connectivity index is 4.07. The molecule has 0 unspecified atom stereocenters. The van der Waals surface area contributed by atoms with Gasteiger partial charge in [-0.15, -0.1) is 0 Å². The Kier molecular flexibility index (Phi) is 5.52. The summed E-state index contributed by atoms with van der Waals surface area (Å²) < 4.78 is 0. The van der Waals surface area contributed by atoms with Gasteiger partial charge in [0.15, 0.2) is 0 Å². The van der Waals surface area contributed by atoms with Crippen LogP contribution in [-0.4, -0.2) is 7.05 Å². The lowest BCUT2D eigenvalue weighted by Gasteiger charge is -2.08. The molecule has 0 spiro atoms. The minimum atomic E-state index is 0.663. The standard InChI is InChI=1S/C11H21N/c1-6-11(9(2)3)8-7-10(4)12-5/h6-7,9,12H,8H2,1-5H3/b10-7+,11-6+. The highest BCUT2D eigenvalue weighted by Gasteiger charge is 1.99. The highest BCUT2D eigenvalue weighted by Crippen LogP contribution is 2.14. The molecule has 1 nitrogen and oxygen atoms in total. The van der Waals surface area contributed by atoms with Gasteiger partial charge in [-0.1, -0.05) is 31.6 Å². The fourth-order valence-electron chi connectivity index (χ4n) is 1.06. The van der Waals surface area contributed by atoms with Crippen molar-refractivity contribution in [3.8, 4) is 0 Å². The zero-order valence-electron chi connectivity index (χ0n) is 8.94. The molecule has 0 bridgehead atoms. The molecule has 0 saturated heterocycles. The minimum absolute atomic E-state index is 0.663. The quantitative estimate of drug-likeness (QED) is 0.634. The molecule has 12 heavy (non-hydrogen) atoms. The maximum atomic E-state index is 3.12. The second kappa shape index (κ2) is 5.87. The SMILES string of the molecule is C/C=C(\C/C=C(\C)NC)C(C)C. The van der Waals surface area contributed by atoms with Gasteiger partial charge in [0, 0.05) is 12.7 Å². The van der Waals surface area contributed by atoms with Gasteiger partial charge in [-0.3, -0.25) is 0 Å². The maximum Gasteiger partial charge on any atom is 0.00351 e. The molecular weight excluding hydrogens is 146 g/mol. The summed E-state index contributed by atoms with van der Waals surface area (Å²) in [6.07, 6.45) is 5.51. The van der Waals surface area contributed by atoms with E-state index in [0.717, 1.165) is 6.42 Å². The fourth-order valence-corrected chi connectivity index (χ4v) is 1.06. The summed E-state index contributed by atoms with van der Waals surface area (Å²) in [4.78, 5) is 0. The largest absolute Gasteiger partial charge is 0.392 e. The third kappa shape index (κ3) is 4.22. The summed E-state index contributed by atoms with van der Waals surface area (Å²) in [6, 6.07) is 0. The van der Waals surface area contributed by atoms with Crippen molar-refractivity contribution >= 4 is 0 Å². The van der Waals surface area contributed by atoms with Gasteiger partial charge >= 0.3 is 0 Å². The van der Waals surface area contributed by atoms with E-state index in [1.54, 1.807) is 0 Å². The lowest BCUT2D eigenvalue weighted by molar-refractivity contribution is 0.742.